The topological polar surface area (TPSA) is 67.9 Å². The van der Waals surface area contributed by atoms with Gasteiger partial charge in [-0.2, -0.15) is 0 Å². The summed E-state index contributed by atoms with van der Waals surface area (Å²) >= 11 is 0. The molecular weight excluding hydrogens is 356 g/mol. The highest BCUT2D eigenvalue weighted by molar-refractivity contribution is 6.05. The summed E-state index contributed by atoms with van der Waals surface area (Å²) in [5, 5.41) is 2.76. The predicted molar refractivity (Wildman–Crippen MR) is 109 cm³/mol. The first-order valence-electron chi connectivity index (χ1n) is 9.12. The molecule has 6 heteroatoms. The molecule has 0 bridgehead atoms. The van der Waals surface area contributed by atoms with Crippen molar-refractivity contribution in [2.75, 3.05) is 27.3 Å². The SMILES string of the molecule is CCN(CC)C(=O)/C(=C\c1ccc(OC)cc1)NC(=O)c1ccc(OC)cc1. The largest absolute Gasteiger partial charge is 0.497 e. The van der Waals surface area contributed by atoms with Crippen molar-refractivity contribution in [3.8, 4) is 11.5 Å². The van der Waals surface area contributed by atoms with E-state index in [0.717, 1.165) is 11.3 Å². The number of carbonyl (C=O) groups excluding carboxylic acids is 2. The number of likely N-dealkylation sites (N-methyl/N-ethyl adjacent to an activating group) is 1. The molecule has 0 heterocycles. The van der Waals surface area contributed by atoms with Gasteiger partial charge >= 0.3 is 0 Å². The average molecular weight is 382 g/mol. The van der Waals surface area contributed by atoms with Gasteiger partial charge in [-0.05, 0) is 61.9 Å². The Morgan fingerprint density at radius 3 is 1.86 bits per heavy atom. The molecule has 0 saturated heterocycles. The third kappa shape index (κ3) is 5.36. The maximum absolute atomic E-state index is 12.9. The molecule has 1 N–H and O–H groups in total. The molecule has 0 atom stereocenters. The number of methoxy groups -OCH3 is 2. The number of ether oxygens (including phenoxy) is 2. The molecule has 2 rings (SSSR count). The van der Waals surface area contributed by atoms with Crippen molar-refractivity contribution in [2.24, 2.45) is 0 Å². The minimum atomic E-state index is -0.358. The summed E-state index contributed by atoms with van der Waals surface area (Å²) < 4.78 is 10.3. The Labute approximate surface area is 165 Å². The highest BCUT2D eigenvalue weighted by Gasteiger charge is 2.19. The fourth-order valence-corrected chi connectivity index (χ4v) is 2.64. The molecule has 0 aromatic heterocycles. The Bertz CT molecular complexity index is 823. The molecule has 28 heavy (non-hydrogen) atoms. The Morgan fingerprint density at radius 2 is 1.39 bits per heavy atom. The zero-order valence-corrected chi connectivity index (χ0v) is 16.7. The summed E-state index contributed by atoms with van der Waals surface area (Å²) in [5.74, 6) is 0.784. The lowest BCUT2D eigenvalue weighted by molar-refractivity contribution is -0.127. The molecule has 0 spiro atoms. The number of hydrogen-bond acceptors (Lipinski definition) is 4. The van der Waals surface area contributed by atoms with E-state index in [9.17, 15) is 9.59 Å². The second-order valence-electron chi connectivity index (χ2n) is 5.99. The molecule has 2 aromatic carbocycles. The second-order valence-corrected chi connectivity index (χ2v) is 5.99. The van der Waals surface area contributed by atoms with Crippen LogP contribution in [0.15, 0.2) is 54.2 Å². The maximum atomic E-state index is 12.9. The van der Waals surface area contributed by atoms with E-state index in [1.54, 1.807) is 61.6 Å². The Morgan fingerprint density at radius 1 is 0.893 bits per heavy atom. The summed E-state index contributed by atoms with van der Waals surface area (Å²) in [6.07, 6.45) is 1.67. The normalized spacial score (nSPS) is 10.9. The molecule has 2 amide bonds. The molecule has 0 aliphatic rings. The van der Waals surface area contributed by atoms with Crippen molar-refractivity contribution in [2.45, 2.75) is 13.8 Å². The van der Waals surface area contributed by atoms with Gasteiger partial charge in [0.2, 0.25) is 0 Å². The minimum Gasteiger partial charge on any atom is -0.497 e. The summed E-state index contributed by atoms with van der Waals surface area (Å²) in [6.45, 7) is 4.90. The third-order valence-electron chi connectivity index (χ3n) is 4.31. The number of amides is 2. The van der Waals surface area contributed by atoms with Crippen LogP contribution in [0.5, 0.6) is 11.5 Å². The van der Waals surface area contributed by atoms with Crippen LogP contribution in [0.25, 0.3) is 6.08 Å². The summed E-state index contributed by atoms with van der Waals surface area (Å²) in [7, 11) is 3.16. The van der Waals surface area contributed by atoms with Crippen molar-refractivity contribution in [1.29, 1.82) is 0 Å². The van der Waals surface area contributed by atoms with Crippen LogP contribution in [-0.4, -0.2) is 44.0 Å². The van der Waals surface area contributed by atoms with Crippen LogP contribution in [0.1, 0.15) is 29.8 Å². The minimum absolute atomic E-state index is 0.217. The molecule has 0 aliphatic carbocycles. The summed E-state index contributed by atoms with van der Waals surface area (Å²) in [5.41, 5.74) is 1.44. The Balaban J connectivity index is 2.31. The van der Waals surface area contributed by atoms with Crippen LogP contribution in [0.4, 0.5) is 0 Å². The molecule has 0 unspecified atom stereocenters. The van der Waals surface area contributed by atoms with E-state index in [2.05, 4.69) is 5.32 Å². The first-order valence-corrected chi connectivity index (χ1v) is 9.12. The highest BCUT2D eigenvalue weighted by Crippen LogP contribution is 2.16. The maximum Gasteiger partial charge on any atom is 0.270 e. The fraction of sp³-hybridized carbons (Fsp3) is 0.273. The number of carbonyl (C=O) groups is 2. The van der Waals surface area contributed by atoms with E-state index in [1.165, 1.54) is 0 Å². The molecule has 0 radical (unpaired) electrons. The molecule has 6 nitrogen and oxygen atoms in total. The van der Waals surface area contributed by atoms with Crippen LogP contribution in [-0.2, 0) is 4.79 Å². The van der Waals surface area contributed by atoms with E-state index >= 15 is 0 Å². The van der Waals surface area contributed by atoms with Crippen molar-refractivity contribution in [3.63, 3.8) is 0 Å². The monoisotopic (exact) mass is 382 g/mol. The van der Waals surface area contributed by atoms with Gasteiger partial charge in [-0.3, -0.25) is 9.59 Å². The number of rotatable bonds is 8. The van der Waals surface area contributed by atoms with Crippen LogP contribution in [0, 0.1) is 0 Å². The van der Waals surface area contributed by atoms with Gasteiger partial charge in [0.15, 0.2) is 0 Å². The van der Waals surface area contributed by atoms with Crippen molar-refractivity contribution < 1.29 is 19.1 Å². The molecule has 2 aromatic rings. The zero-order chi connectivity index (χ0) is 20.5. The summed E-state index contributed by atoms with van der Waals surface area (Å²) in [6, 6.07) is 14.0. The van der Waals surface area contributed by atoms with Crippen molar-refractivity contribution >= 4 is 17.9 Å². The summed E-state index contributed by atoms with van der Waals surface area (Å²) in [4.78, 5) is 27.2. The first-order chi connectivity index (χ1) is 13.5. The van der Waals surface area contributed by atoms with Gasteiger partial charge in [0.1, 0.15) is 17.2 Å². The van der Waals surface area contributed by atoms with E-state index < -0.39 is 0 Å². The molecule has 0 fully saturated rings. The quantitative estimate of drug-likeness (QED) is 0.711. The highest BCUT2D eigenvalue weighted by atomic mass is 16.5. The van der Waals surface area contributed by atoms with E-state index in [-0.39, 0.29) is 17.5 Å². The van der Waals surface area contributed by atoms with Gasteiger partial charge in [0, 0.05) is 18.7 Å². The Kier molecular flexibility index (Phi) is 7.63. The molecule has 148 valence electrons. The van der Waals surface area contributed by atoms with Gasteiger partial charge in [0.25, 0.3) is 11.8 Å². The van der Waals surface area contributed by atoms with Gasteiger partial charge in [-0.15, -0.1) is 0 Å². The smallest absolute Gasteiger partial charge is 0.270 e. The Hall–Kier alpha value is -3.28. The zero-order valence-electron chi connectivity index (χ0n) is 16.7. The third-order valence-corrected chi connectivity index (χ3v) is 4.31. The van der Waals surface area contributed by atoms with E-state index in [1.807, 2.05) is 26.0 Å². The predicted octanol–water partition coefficient (Wildman–Crippen LogP) is 3.34. The lowest BCUT2D eigenvalue weighted by Crippen LogP contribution is -2.38. The van der Waals surface area contributed by atoms with E-state index in [0.29, 0.717) is 24.4 Å². The lowest BCUT2D eigenvalue weighted by atomic mass is 10.1. The number of nitrogens with zero attached hydrogens (tertiary/aromatic N) is 1. The molecular formula is C22H26N2O4. The fourth-order valence-electron chi connectivity index (χ4n) is 2.64. The van der Waals surface area contributed by atoms with Crippen LogP contribution >= 0.6 is 0 Å². The van der Waals surface area contributed by atoms with Gasteiger partial charge in [-0.25, -0.2) is 0 Å². The second kappa shape index (κ2) is 10.2. The van der Waals surface area contributed by atoms with Gasteiger partial charge < -0.3 is 19.7 Å². The number of nitrogens with one attached hydrogen (secondary N) is 1. The number of hydrogen-bond donors (Lipinski definition) is 1. The van der Waals surface area contributed by atoms with Crippen molar-refractivity contribution in [3.05, 3.63) is 65.4 Å². The van der Waals surface area contributed by atoms with Crippen LogP contribution in [0.2, 0.25) is 0 Å². The van der Waals surface area contributed by atoms with E-state index in [4.69, 9.17) is 9.47 Å². The van der Waals surface area contributed by atoms with Gasteiger partial charge in [0.05, 0.1) is 14.2 Å². The first kappa shape index (κ1) is 21.0. The number of benzene rings is 2. The van der Waals surface area contributed by atoms with Gasteiger partial charge in [-0.1, -0.05) is 12.1 Å². The average Bonchev–Trinajstić information content (AvgIpc) is 2.74. The van der Waals surface area contributed by atoms with Crippen LogP contribution in [0.3, 0.4) is 0 Å². The lowest BCUT2D eigenvalue weighted by Gasteiger charge is -2.21. The molecule has 0 aliphatic heterocycles. The standard InChI is InChI=1S/C22H26N2O4/c1-5-24(6-2)22(26)20(15-16-7-11-18(27-3)12-8-16)23-21(25)17-9-13-19(28-4)14-10-17/h7-15H,5-6H2,1-4H3,(H,23,25)/b20-15+. The van der Waals surface area contributed by atoms with Crippen molar-refractivity contribution in [1.82, 2.24) is 10.2 Å². The van der Waals surface area contributed by atoms with Crippen LogP contribution < -0.4 is 14.8 Å². The molecule has 0 saturated carbocycles.